The Kier molecular flexibility index (Phi) is 5.88. The van der Waals surface area contributed by atoms with Gasteiger partial charge >= 0.3 is 0 Å². The lowest BCUT2D eigenvalue weighted by molar-refractivity contribution is -0.117. The van der Waals surface area contributed by atoms with Crippen molar-refractivity contribution < 1.29 is 9.90 Å². The molecule has 12 heavy (non-hydrogen) atoms. The Balaban J connectivity index is 3.33. The van der Waals surface area contributed by atoms with Crippen molar-refractivity contribution in [1.82, 2.24) is 5.01 Å². The summed E-state index contributed by atoms with van der Waals surface area (Å²) in [5.74, 6) is 5.68. The van der Waals surface area contributed by atoms with E-state index in [9.17, 15) is 4.79 Å². The smallest absolute Gasteiger partial charge is 0.131 e. The average molecular weight is 174 g/mol. The molecular formula is C8H18N2O2. The number of hydrogen-bond acceptors (Lipinski definition) is 4. The molecule has 0 saturated heterocycles. The Hall–Kier alpha value is -0.450. The van der Waals surface area contributed by atoms with Gasteiger partial charge in [0.15, 0.2) is 0 Å². The van der Waals surface area contributed by atoms with Crippen LogP contribution in [0.5, 0.6) is 0 Å². The van der Waals surface area contributed by atoms with Crippen LogP contribution in [0.3, 0.4) is 0 Å². The molecule has 1 atom stereocenters. The van der Waals surface area contributed by atoms with Crippen molar-refractivity contribution in [3.8, 4) is 0 Å². The van der Waals surface area contributed by atoms with Crippen LogP contribution in [0, 0.1) is 0 Å². The number of nitrogens with zero attached hydrogens (tertiary/aromatic N) is 1. The molecule has 4 heteroatoms. The minimum absolute atomic E-state index is 0.141. The summed E-state index contributed by atoms with van der Waals surface area (Å²) >= 11 is 0. The van der Waals surface area contributed by atoms with E-state index in [0.29, 0.717) is 25.9 Å². The highest BCUT2D eigenvalue weighted by molar-refractivity contribution is 5.75. The Labute approximate surface area is 73.3 Å². The van der Waals surface area contributed by atoms with E-state index in [1.54, 1.807) is 18.9 Å². The standard InChI is InChI=1S/C8H18N2O2/c1-7(11)3-5-10(9)6-4-8(2)12/h7,11H,3-6,9H2,1-2H3. The van der Waals surface area contributed by atoms with Crippen molar-refractivity contribution in [3.05, 3.63) is 0 Å². The highest BCUT2D eigenvalue weighted by atomic mass is 16.3. The van der Waals surface area contributed by atoms with Crippen molar-refractivity contribution in [2.24, 2.45) is 5.84 Å². The lowest BCUT2D eigenvalue weighted by Crippen LogP contribution is -2.35. The van der Waals surface area contributed by atoms with E-state index >= 15 is 0 Å². The zero-order valence-electron chi connectivity index (χ0n) is 7.79. The second-order valence-electron chi connectivity index (χ2n) is 3.13. The van der Waals surface area contributed by atoms with Crippen LogP contribution in [0.1, 0.15) is 26.7 Å². The Morgan fingerprint density at radius 1 is 1.58 bits per heavy atom. The lowest BCUT2D eigenvalue weighted by Gasteiger charge is -2.15. The summed E-state index contributed by atoms with van der Waals surface area (Å²) in [4.78, 5) is 10.6. The molecule has 0 amide bonds. The van der Waals surface area contributed by atoms with E-state index in [0.717, 1.165) is 0 Å². The van der Waals surface area contributed by atoms with Crippen LogP contribution in [-0.2, 0) is 4.79 Å². The van der Waals surface area contributed by atoms with Gasteiger partial charge in [-0.3, -0.25) is 10.6 Å². The summed E-state index contributed by atoms with van der Waals surface area (Å²) in [5.41, 5.74) is 0. The van der Waals surface area contributed by atoms with E-state index in [1.807, 2.05) is 0 Å². The molecule has 0 fully saturated rings. The third-order valence-electron chi connectivity index (χ3n) is 1.59. The molecule has 0 radical (unpaired) electrons. The van der Waals surface area contributed by atoms with Gasteiger partial charge in [-0.2, -0.15) is 0 Å². The molecule has 0 rings (SSSR count). The quantitative estimate of drug-likeness (QED) is 0.436. The maximum absolute atomic E-state index is 10.6. The molecule has 0 bridgehead atoms. The lowest BCUT2D eigenvalue weighted by atomic mass is 10.2. The minimum atomic E-state index is -0.326. The monoisotopic (exact) mass is 174 g/mol. The first-order valence-electron chi connectivity index (χ1n) is 4.19. The summed E-state index contributed by atoms with van der Waals surface area (Å²) in [6.45, 7) is 4.47. The fraction of sp³-hybridized carbons (Fsp3) is 0.875. The first kappa shape index (κ1) is 11.6. The normalized spacial score (nSPS) is 13.4. The molecule has 0 spiro atoms. The van der Waals surface area contributed by atoms with Crippen LogP contribution >= 0.6 is 0 Å². The maximum Gasteiger partial charge on any atom is 0.131 e. The van der Waals surface area contributed by atoms with E-state index in [4.69, 9.17) is 10.9 Å². The van der Waals surface area contributed by atoms with E-state index in [1.165, 1.54) is 0 Å². The Bertz CT molecular complexity index is 137. The van der Waals surface area contributed by atoms with Crippen molar-refractivity contribution in [2.45, 2.75) is 32.8 Å². The highest BCUT2D eigenvalue weighted by Crippen LogP contribution is 1.92. The van der Waals surface area contributed by atoms with Crippen molar-refractivity contribution in [3.63, 3.8) is 0 Å². The number of hydrazine groups is 1. The number of Topliss-reactive ketones (excluding diaryl/α,β-unsaturated/α-hetero) is 1. The summed E-state index contributed by atoms with van der Waals surface area (Å²) in [6.07, 6.45) is 0.804. The Morgan fingerprint density at radius 3 is 2.58 bits per heavy atom. The number of nitrogens with two attached hydrogens (primary N) is 1. The number of carbonyl (C=O) groups is 1. The molecule has 72 valence electrons. The van der Waals surface area contributed by atoms with Gasteiger partial charge in [0.25, 0.3) is 0 Å². The minimum Gasteiger partial charge on any atom is -0.393 e. The van der Waals surface area contributed by atoms with Crippen LogP contribution in [0.2, 0.25) is 0 Å². The fourth-order valence-corrected chi connectivity index (χ4v) is 0.766. The molecule has 0 saturated carbocycles. The molecule has 3 N–H and O–H groups in total. The van der Waals surface area contributed by atoms with Gasteiger partial charge in [0.1, 0.15) is 5.78 Å². The first-order chi connectivity index (χ1) is 5.52. The van der Waals surface area contributed by atoms with Crippen molar-refractivity contribution in [2.75, 3.05) is 13.1 Å². The molecular weight excluding hydrogens is 156 g/mol. The number of carbonyl (C=O) groups excluding carboxylic acids is 1. The number of rotatable bonds is 6. The van der Waals surface area contributed by atoms with Gasteiger partial charge in [-0.05, 0) is 20.3 Å². The van der Waals surface area contributed by atoms with Crippen LogP contribution < -0.4 is 5.84 Å². The summed E-state index contributed by atoms with van der Waals surface area (Å²) in [6, 6.07) is 0. The zero-order chi connectivity index (χ0) is 9.56. The first-order valence-corrected chi connectivity index (χ1v) is 4.19. The summed E-state index contributed by atoms with van der Waals surface area (Å²) in [5, 5.41) is 10.5. The molecule has 0 aromatic carbocycles. The molecule has 0 heterocycles. The predicted octanol–water partition coefficient (Wildman–Crippen LogP) is -0.0879. The summed E-state index contributed by atoms with van der Waals surface area (Å²) in [7, 11) is 0. The van der Waals surface area contributed by atoms with Gasteiger partial charge in [0.05, 0.1) is 6.10 Å². The number of aliphatic hydroxyl groups is 1. The molecule has 0 aromatic rings. The molecule has 4 nitrogen and oxygen atoms in total. The third kappa shape index (κ3) is 7.65. The zero-order valence-corrected chi connectivity index (χ0v) is 7.79. The maximum atomic E-state index is 10.6. The molecule has 1 unspecified atom stereocenters. The summed E-state index contributed by atoms with van der Waals surface area (Å²) < 4.78 is 0. The van der Waals surface area contributed by atoms with Crippen LogP contribution in [-0.4, -0.2) is 35.1 Å². The van der Waals surface area contributed by atoms with Gasteiger partial charge in [0, 0.05) is 19.5 Å². The second kappa shape index (κ2) is 6.11. The van der Waals surface area contributed by atoms with Gasteiger partial charge in [0.2, 0.25) is 0 Å². The highest BCUT2D eigenvalue weighted by Gasteiger charge is 2.02. The number of ketones is 1. The van der Waals surface area contributed by atoms with Gasteiger partial charge in [-0.15, -0.1) is 0 Å². The van der Waals surface area contributed by atoms with Crippen molar-refractivity contribution in [1.29, 1.82) is 0 Å². The predicted molar refractivity (Wildman–Crippen MR) is 47.4 cm³/mol. The van der Waals surface area contributed by atoms with Gasteiger partial charge in [-0.25, -0.2) is 5.01 Å². The number of hydrogen-bond donors (Lipinski definition) is 2. The number of aliphatic hydroxyl groups excluding tert-OH is 1. The Morgan fingerprint density at radius 2 is 2.17 bits per heavy atom. The molecule has 0 aromatic heterocycles. The SMILES string of the molecule is CC(=O)CCN(N)CCC(C)O. The van der Waals surface area contributed by atoms with Crippen LogP contribution in [0.25, 0.3) is 0 Å². The van der Waals surface area contributed by atoms with Gasteiger partial charge in [-0.1, -0.05) is 0 Å². The van der Waals surface area contributed by atoms with Crippen LogP contribution in [0.4, 0.5) is 0 Å². The van der Waals surface area contributed by atoms with Gasteiger partial charge < -0.3 is 5.11 Å². The second-order valence-corrected chi connectivity index (χ2v) is 3.13. The van der Waals surface area contributed by atoms with E-state index < -0.39 is 0 Å². The topological polar surface area (TPSA) is 66.6 Å². The van der Waals surface area contributed by atoms with E-state index in [2.05, 4.69) is 0 Å². The van der Waals surface area contributed by atoms with Crippen molar-refractivity contribution >= 4 is 5.78 Å². The van der Waals surface area contributed by atoms with E-state index in [-0.39, 0.29) is 11.9 Å². The molecule has 0 aliphatic carbocycles. The third-order valence-corrected chi connectivity index (χ3v) is 1.59. The molecule has 0 aliphatic heterocycles. The average Bonchev–Trinajstić information content (AvgIpc) is 1.96. The fourth-order valence-electron chi connectivity index (χ4n) is 0.766. The van der Waals surface area contributed by atoms with Crippen LogP contribution in [0.15, 0.2) is 0 Å². The largest absolute Gasteiger partial charge is 0.393 e. The molecule has 0 aliphatic rings.